The Hall–Kier alpha value is -2.14. The van der Waals surface area contributed by atoms with Crippen molar-refractivity contribution in [3.8, 4) is 5.75 Å². The maximum absolute atomic E-state index is 10.9. The van der Waals surface area contributed by atoms with Crippen molar-refractivity contribution in [2.45, 2.75) is 6.10 Å². The van der Waals surface area contributed by atoms with Gasteiger partial charge in [-0.3, -0.25) is 4.98 Å². The van der Waals surface area contributed by atoms with E-state index in [0.717, 1.165) is 10.9 Å². The van der Waals surface area contributed by atoms with Gasteiger partial charge in [-0.2, -0.15) is 0 Å². The standard InChI is InChI=1S/C13H13NO4/c1-17-8-12(13(15)16)18-10-6-9-4-2-3-5-11(9)14-7-10/h2-7,12H,8H2,1H3,(H,15,16). The van der Waals surface area contributed by atoms with E-state index in [0.29, 0.717) is 5.75 Å². The van der Waals surface area contributed by atoms with Crippen molar-refractivity contribution in [2.24, 2.45) is 0 Å². The molecule has 18 heavy (non-hydrogen) atoms. The number of hydrogen-bond acceptors (Lipinski definition) is 4. The lowest BCUT2D eigenvalue weighted by Crippen LogP contribution is -2.31. The summed E-state index contributed by atoms with van der Waals surface area (Å²) in [5.74, 6) is -0.650. The molecule has 0 saturated heterocycles. The van der Waals surface area contributed by atoms with E-state index in [1.54, 1.807) is 6.07 Å². The quantitative estimate of drug-likeness (QED) is 0.871. The van der Waals surface area contributed by atoms with Gasteiger partial charge in [-0.15, -0.1) is 0 Å². The fourth-order valence-corrected chi connectivity index (χ4v) is 1.59. The van der Waals surface area contributed by atoms with Crippen LogP contribution in [0, 0.1) is 0 Å². The average Bonchev–Trinajstić information content (AvgIpc) is 2.38. The first-order valence-electron chi connectivity index (χ1n) is 5.44. The third-order valence-electron chi connectivity index (χ3n) is 2.44. The highest BCUT2D eigenvalue weighted by Crippen LogP contribution is 2.19. The van der Waals surface area contributed by atoms with Crippen molar-refractivity contribution < 1.29 is 19.4 Å². The maximum atomic E-state index is 10.9. The molecule has 1 unspecified atom stereocenters. The molecule has 1 heterocycles. The molecule has 2 aromatic rings. The Morgan fingerprint density at radius 2 is 2.22 bits per heavy atom. The van der Waals surface area contributed by atoms with Gasteiger partial charge in [0.15, 0.2) is 0 Å². The Kier molecular flexibility index (Phi) is 3.74. The highest BCUT2D eigenvalue weighted by atomic mass is 16.5. The Morgan fingerprint density at radius 1 is 1.44 bits per heavy atom. The van der Waals surface area contributed by atoms with Gasteiger partial charge in [-0.25, -0.2) is 4.79 Å². The number of aliphatic carboxylic acids is 1. The number of rotatable bonds is 5. The smallest absolute Gasteiger partial charge is 0.347 e. The molecule has 0 bridgehead atoms. The van der Waals surface area contributed by atoms with Crippen LogP contribution in [0.5, 0.6) is 5.75 Å². The number of pyridine rings is 1. The molecular formula is C13H13NO4. The van der Waals surface area contributed by atoms with Gasteiger partial charge in [-0.1, -0.05) is 18.2 Å². The number of hydrogen-bond donors (Lipinski definition) is 1. The van der Waals surface area contributed by atoms with Crippen LogP contribution >= 0.6 is 0 Å². The molecule has 0 radical (unpaired) electrons. The van der Waals surface area contributed by atoms with Crippen molar-refractivity contribution in [3.05, 3.63) is 36.5 Å². The topological polar surface area (TPSA) is 68.7 Å². The van der Waals surface area contributed by atoms with Crippen LogP contribution < -0.4 is 4.74 Å². The van der Waals surface area contributed by atoms with Gasteiger partial charge in [0.05, 0.1) is 18.3 Å². The van der Waals surface area contributed by atoms with E-state index in [2.05, 4.69) is 4.98 Å². The van der Waals surface area contributed by atoms with E-state index in [1.165, 1.54) is 13.3 Å². The van der Waals surface area contributed by atoms with Crippen molar-refractivity contribution in [3.63, 3.8) is 0 Å². The first-order valence-corrected chi connectivity index (χ1v) is 5.44. The van der Waals surface area contributed by atoms with Gasteiger partial charge < -0.3 is 14.6 Å². The molecule has 0 aliphatic carbocycles. The summed E-state index contributed by atoms with van der Waals surface area (Å²) in [5.41, 5.74) is 0.837. The van der Waals surface area contributed by atoms with Crippen LogP contribution in [0.15, 0.2) is 36.5 Å². The van der Waals surface area contributed by atoms with Gasteiger partial charge in [0.1, 0.15) is 5.75 Å². The minimum Gasteiger partial charge on any atom is -0.478 e. The summed E-state index contributed by atoms with van der Waals surface area (Å²) in [5, 5.41) is 9.85. The van der Waals surface area contributed by atoms with Crippen LogP contribution in [0.1, 0.15) is 0 Å². The monoisotopic (exact) mass is 247 g/mol. The van der Waals surface area contributed by atoms with E-state index in [1.807, 2.05) is 24.3 Å². The molecule has 0 spiro atoms. The number of benzene rings is 1. The van der Waals surface area contributed by atoms with Crippen LogP contribution in [0.2, 0.25) is 0 Å². The molecule has 5 heteroatoms. The fourth-order valence-electron chi connectivity index (χ4n) is 1.59. The number of methoxy groups -OCH3 is 1. The molecule has 2 rings (SSSR count). The number of ether oxygens (including phenoxy) is 2. The summed E-state index contributed by atoms with van der Waals surface area (Å²) in [6.07, 6.45) is 0.478. The number of aromatic nitrogens is 1. The predicted octanol–water partition coefficient (Wildman–Crippen LogP) is 1.71. The maximum Gasteiger partial charge on any atom is 0.347 e. The number of carboxylic acid groups (broad SMARTS) is 1. The Bertz CT molecular complexity index is 555. The molecule has 0 fully saturated rings. The summed E-state index contributed by atoms with van der Waals surface area (Å²) in [6.45, 7) is -0.0117. The van der Waals surface area contributed by atoms with Crippen LogP contribution in [0.25, 0.3) is 10.9 Å². The lowest BCUT2D eigenvalue weighted by molar-refractivity contribution is -0.147. The van der Waals surface area contributed by atoms with E-state index in [-0.39, 0.29) is 6.61 Å². The lowest BCUT2D eigenvalue weighted by atomic mass is 10.2. The fraction of sp³-hybridized carbons (Fsp3) is 0.231. The summed E-state index contributed by atoms with van der Waals surface area (Å²) in [4.78, 5) is 15.1. The van der Waals surface area contributed by atoms with Crippen LogP contribution in [0.4, 0.5) is 0 Å². The highest BCUT2D eigenvalue weighted by Gasteiger charge is 2.19. The minimum absolute atomic E-state index is 0.0117. The summed E-state index contributed by atoms with van der Waals surface area (Å²) >= 11 is 0. The molecule has 0 saturated carbocycles. The van der Waals surface area contributed by atoms with E-state index in [9.17, 15) is 4.79 Å². The summed E-state index contributed by atoms with van der Waals surface area (Å²) < 4.78 is 10.1. The predicted molar refractivity (Wildman–Crippen MR) is 65.7 cm³/mol. The molecule has 1 N–H and O–H groups in total. The zero-order valence-corrected chi connectivity index (χ0v) is 9.87. The molecule has 1 aromatic heterocycles. The van der Waals surface area contributed by atoms with Gasteiger partial charge >= 0.3 is 5.97 Å². The molecule has 94 valence electrons. The van der Waals surface area contributed by atoms with Gasteiger partial charge in [0.2, 0.25) is 6.10 Å². The second-order valence-electron chi connectivity index (χ2n) is 3.76. The lowest BCUT2D eigenvalue weighted by Gasteiger charge is -2.14. The molecule has 1 aromatic carbocycles. The van der Waals surface area contributed by atoms with Crippen LogP contribution in [0.3, 0.4) is 0 Å². The third kappa shape index (κ3) is 2.75. The van der Waals surface area contributed by atoms with E-state index in [4.69, 9.17) is 14.6 Å². The zero-order chi connectivity index (χ0) is 13.0. The Morgan fingerprint density at radius 3 is 2.94 bits per heavy atom. The number of fused-ring (bicyclic) bond motifs is 1. The molecule has 0 aliphatic rings. The van der Waals surface area contributed by atoms with Gasteiger partial charge in [-0.05, 0) is 12.1 Å². The van der Waals surface area contributed by atoms with Gasteiger partial charge in [0, 0.05) is 12.5 Å². The molecule has 0 aliphatic heterocycles. The van der Waals surface area contributed by atoms with E-state index >= 15 is 0 Å². The summed E-state index contributed by atoms with van der Waals surface area (Å²) in [7, 11) is 1.43. The number of para-hydroxylation sites is 1. The van der Waals surface area contributed by atoms with Crippen LogP contribution in [-0.4, -0.2) is 35.9 Å². The number of nitrogens with zero attached hydrogens (tertiary/aromatic N) is 1. The molecule has 0 amide bonds. The van der Waals surface area contributed by atoms with E-state index < -0.39 is 12.1 Å². The average molecular weight is 247 g/mol. The Labute approximate surface area is 104 Å². The molecule has 5 nitrogen and oxygen atoms in total. The van der Waals surface area contributed by atoms with Crippen molar-refractivity contribution >= 4 is 16.9 Å². The first kappa shape index (κ1) is 12.3. The minimum atomic E-state index is -1.06. The SMILES string of the molecule is COCC(Oc1cnc2ccccc2c1)C(=O)O. The number of carbonyl (C=O) groups is 1. The molecular weight excluding hydrogens is 234 g/mol. The largest absolute Gasteiger partial charge is 0.478 e. The van der Waals surface area contributed by atoms with Crippen molar-refractivity contribution in [1.29, 1.82) is 0 Å². The van der Waals surface area contributed by atoms with Crippen molar-refractivity contribution in [2.75, 3.05) is 13.7 Å². The second kappa shape index (κ2) is 5.46. The van der Waals surface area contributed by atoms with Crippen LogP contribution in [-0.2, 0) is 9.53 Å². The third-order valence-corrected chi connectivity index (χ3v) is 2.44. The highest BCUT2D eigenvalue weighted by molar-refractivity contribution is 5.79. The summed E-state index contributed by atoms with van der Waals surface area (Å²) in [6, 6.07) is 9.30. The zero-order valence-electron chi connectivity index (χ0n) is 9.87. The molecule has 1 atom stereocenters. The second-order valence-corrected chi connectivity index (χ2v) is 3.76. The van der Waals surface area contributed by atoms with Gasteiger partial charge in [0.25, 0.3) is 0 Å². The Balaban J connectivity index is 2.22. The van der Waals surface area contributed by atoms with Crippen molar-refractivity contribution in [1.82, 2.24) is 4.98 Å². The normalized spacial score (nSPS) is 12.3. The first-order chi connectivity index (χ1) is 8.70. The number of carboxylic acids is 1.